The molecule has 27 heavy (non-hydrogen) atoms. The summed E-state index contributed by atoms with van der Waals surface area (Å²) in [5.41, 5.74) is 1.64. The molecule has 0 fully saturated rings. The molecular weight excluding hydrogens is 368 g/mol. The Morgan fingerprint density at radius 3 is 2.63 bits per heavy atom. The quantitative estimate of drug-likeness (QED) is 0.373. The van der Waals surface area contributed by atoms with Gasteiger partial charge in [-0.1, -0.05) is 29.5 Å². The lowest BCUT2D eigenvalue weighted by Gasteiger charge is -2.01. The number of hydrogen-bond acceptors (Lipinski definition) is 7. The fraction of sp³-hybridized carbons (Fsp3) is 0.100. The van der Waals surface area contributed by atoms with Crippen LogP contribution in [0.1, 0.15) is 16.1 Å². The van der Waals surface area contributed by atoms with E-state index in [1.54, 1.807) is 37.5 Å². The number of furan rings is 1. The van der Waals surface area contributed by atoms with Gasteiger partial charge in [0.1, 0.15) is 0 Å². The van der Waals surface area contributed by atoms with Crippen molar-refractivity contribution in [2.75, 3.05) is 14.2 Å². The average molecular weight is 382 g/mol. The number of ether oxygens (including phenoxy) is 2. The van der Waals surface area contributed by atoms with Crippen LogP contribution in [-0.2, 0) is 0 Å². The van der Waals surface area contributed by atoms with E-state index in [1.807, 2.05) is 12.1 Å². The van der Waals surface area contributed by atoms with E-state index in [9.17, 15) is 9.59 Å². The molecule has 2 aromatic carbocycles. The zero-order chi connectivity index (χ0) is 19.0. The summed E-state index contributed by atoms with van der Waals surface area (Å²) in [6, 6.07) is 10.6. The third kappa shape index (κ3) is 3.13. The summed E-state index contributed by atoms with van der Waals surface area (Å²) < 4.78 is 21.9. The molecule has 2 heterocycles. The molecule has 2 aromatic heterocycles. The number of rotatable bonds is 5. The van der Waals surface area contributed by atoms with Gasteiger partial charge in [-0.15, -0.1) is 0 Å². The maximum atomic E-state index is 12.5. The van der Waals surface area contributed by atoms with Crippen LogP contribution >= 0.6 is 11.3 Å². The predicted molar refractivity (Wildman–Crippen MR) is 103 cm³/mol. The van der Waals surface area contributed by atoms with Crippen molar-refractivity contribution in [3.63, 3.8) is 0 Å². The first-order chi connectivity index (χ1) is 13.1. The second kappa shape index (κ2) is 6.77. The van der Waals surface area contributed by atoms with E-state index in [4.69, 9.17) is 18.3 Å². The van der Waals surface area contributed by atoms with E-state index in [0.29, 0.717) is 32.9 Å². The molecule has 0 atom stereocenters. The first-order valence-electron chi connectivity index (χ1n) is 7.99. The predicted octanol–water partition coefficient (Wildman–Crippen LogP) is 4.51. The van der Waals surface area contributed by atoms with Crippen LogP contribution in [0.5, 0.6) is 11.5 Å². The molecule has 0 aliphatic carbocycles. The van der Waals surface area contributed by atoms with Gasteiger partial charge in [0.15, 0.2) is 28.4 Å². The average Bonchev–Trinajstić information content (AvgIpc) is 3.27. The molecule has 7 heteroatoms. The van der Waals surface area contributed by atoms with Crippen molar-refractivity contribution in [1.82, 2.24) is 0 Å². The van der Waals surface area contributed by atoms with Gasteiger partial charge < -0.3 is 18.3 Å². The molecule has 6 nitrogen and oxygen atoms in total. The van der Waals surface area contributed by atoms with E-state index in [-0.39, 0.29) is 11.5 Å². The van der Waals surface area contributed by atoms with Gasteiger partial charge in [-0.05, 0) is 35.9 Å². The van der Waals surface area contributed by atoms with Crippen LogP contribution in [0.3, 0.4) is 0 Å². The highest BCUT2D eigenvalue weighted by molar-refractivity contribution is 7.16. The summed E-state index contributed by atoms with van der Waals surface area (Å²) in [5, 5.41) is 0.789. The lowest BCUT2D eigenvalue weighted by atomic mass is 10.1. The Hall–Kier alpha value is -3.32. The topological polar surface area (TPSA) is 78.9 Å². The molecule has 0 saturated carbocycles. The first kappa shape index (κ1) is 17.1. The minimum absolute atomic E-state index is 0.215. The summed E-state index contributed by atoms with van der Waals surface area (Å²) in [5.74, 6) is 0.937. The monoisotopic (exact) mass is 382 g/mol. The van der Waals surface area contributed by atoms with Crippen LogP contribution in [0.15, 0.2) is 56.1 Å². The van der Waals surface area contributed by atoms with Gasteiger partial charge in [0.25, 0.3) is 0 Å². The van der Waals surface area contributed by atoms with Gasteiger partial charge >= 0.3 is 4.94 Å². The number of para-hydroxylation sites is 1. The number of fused-ring (bicyclic) bond motifs is 2. The number of carbonyl (C=O) groups excluding carboxylic acids is 1. The number of allylic oxidation sites excluding steroid dienone is 1. The van der Waals surface area contributed by atoms with Gasteiger partial charge in [-0.25, -0.2) is 4.79 Å². The summed E-state index contributed by atoms with van der Waals surface area (Å²) in [4.78, 5) is 23.5. The highest BCUT2D eigenvalue weighted by Crippen LogP contribution is 2.31. The van der Waals surface area contributed by atoms with Crippen LogP contribution in [0.4, 0.5) is 0 Å². The normalized spacial score (nSPS) is 11.5. The number of ketones is 1. The van der Waals surface area contributed by atoms with E-state index >= 15 is 0 Å². The molecule has 0 saturated heterocycles. The molecule has 4 aromatic rings. The van der Waals surface area contributed by atoms with Gasteiger partial charge in [-0.3, -0.25) is 4.79 Å². The van der Waals surface area contributed by atoms with E-state index < -0.39 is 4.94 Å². The fourth-order valence-corrected chi connectivity index (χ4v) is 3.52. The molecule has 0 bridgehead atoms. The molecule has 0 amide bonds. The Bertz CT molecular complexity index is 1240. The van der Waals surface area contributed by atoms with E-state index in [2.05, 4.69) is 0 Å². The zero-order valence-corrected chi connectivity index (χ0v) is 15.3. The third-order valence-corrected chi connectivity index (χ3v) is 4.81. The standard InChI is InChI=1S/C20H14O6S/c1-23-14-5-3-4-12-10-15(25-18(12)14)13(21)7-6-11-8-16(24-2)19-17(9-11)27-20(22)26-19/h3-10H,1-2H3/b7-6-. The summed E-state index contributed by atoms with van der Waals surface area (Å²) in [6.07, 6.45) is 3.05. The molecule has 4 rings (SSSR count). The smallest absolute Gasteiger partial charge is 0.396 e. The molecule has 0 radical (unpaired) electrons. The number of hydrogen-bond donors (Lipinski definition) is 0. The van der Waals surface area contributed by atoms with Crippen molar-refractivity contribution in [3.05, 3.63) is 63.5 Å². The van der Waals surface area contributed by atoms with Crippen molar-refractivity contribution < 1.29 is 23.1 Å². The van der Waals surface area contributed by atoms with Gasteiger partial charge in [0.2, 0.25) is 5.78 Å². The van der Waals surface area contributed by atoms with Gasteiger partial charge in [0, 0.05) is 5.39 Å². The van der Waals surface area contributed by atoms with Crippen molar-refractivity contribution in [2.24, 2.45) is 0 Å². The number of carbonyl (C=O) groups is 1. The third-order valence-electron chi connectivity index (χ3n) is 4.04. The van der Waals surface area contributed by atoms with Crippen LogP contribution in [0, 0.1) is 0 Å². The Morgan fingerprint density at radius 1 is 1.04 bits per heavy atom. The van der Waals surface area contributed by atoms with Gasteiger partial charge in [-0.2, -0.15) is 0 Å². The second-order valence-electron chi connectivity index (χ2n) is 5.69. The fourth-order valence-electron chi connectivity index (χ4n) is 2.79. The Kier molecular flexibility index (Phi) is 4.29. The van der Waals surface area contributed by atoms with Crippen LogP contribution in [0.2, 0.25) is 0 Å². The molecular formula is C20H14O6S. The molecule has 0 aliphatic rings. The number of benzene rings is 2. The molecule has 0 unspecified atom stereocenters. The Morgan fingerprint density at radius 2 is 1.85 bits per heavy atom. The Labute approximate surface area is 157 Å². The molecule has 0 spiro atoms. The van der Waals surface area contributed by atoms with Gasteiger partial charge in [0.05, 0.1) is 18.9 Å². The van der Waals surface area contributed by atoms with Crippen molar-refractivity contribution in [2.45, 2.75) is 0 Å². The highest BCUT2D eigenvalue weighted by atomic mass is 32.1. The maximum Gasteiger partial charge on any atom is 0.396 e. The highest BCUT2D eigenvalue weighted by Gasteiger charge is 2.13. The SMILES string of the molecule is COc1cccc2cc(C(=O)/C=C\c3cc(OC)c4oc(=O)sc4c3)oc12. The van der Waals surface area contributed by atoms with Crippen molar-refractivity contribution in [3.8, 4) is 11.5 Å². The molecule has 136 valence electrons. The first-order valence-corrected chi connectivity index (χ1v) is 8.81. The van der Waals surface area contributed by atoms with Crippen LogP contribution in [0.25, 0.3) is 27.3 Å². The maximum absolute atomic E-state index is 12.5. The second-order valence-corrected chi connectivity index (χ2v) is 6.67. The molecule has 0 aliphatic heterocycles. The largest absolute Gasteiger partial charge is 0.493 e. The lowest BCUT2D eigenvalue weighted by Crippen LogP contribution is -1.91. The lowest BCUT2D eigenvalue weighted by molar-refractivity contribution is 0.102. The van der Waals surface area contributed by atoms with Crippen molar-refractivity contribution in [1.29, 1.82) is 0 Å². The molecule has 0 N–H and O–H groups in total. The minimum atomic E-state index is -0.406. The summed E-state index contributed by atoms with van der Waals surface area (Å²) in [7, 11) is 3.04. The van der Waals surface area contributed by atoms with E-state index in [0.717, 1.165) is 16.7 Å². The summed E-state index contributed by atoms with van der Waals surface area (Å²) >= 11 is 0.980. The van der Waals surface area contributed by atoms with Crippen LogP contribution < -0.4 is 14.4 Å². The van der Waals surface area contributed by atoms with Crippen LogP contribution in [-0.4, -0.2) is 20.0 Å². The zero-order valence-electron chi connectivity index (χ0n) is 14.5. The number of methoxy groups -OCH3 is 2. The minimum Gasteiger partial charge on any atom is -0.493 e. The van der Waals surface area contributed by atoms with E-state index in [1.165, 1.54) is 13.2 Å². The van der Waals surface area contributed by atoms with Crippen molar-refractivity contribution >= 4 is 44.4 Å². The summed E-state index contributed by atoms with van der Waals surface area (Å²) in [6.45, 7) is 0. The Balaban J connectivity index is 1.67.